The van der Waals surface area contributed by atoms with Gasteiger partial charge in [0.05, 0.1) is 11.4 Å². The van der Waals surface area contributed by atoms with Crippen LogP contribution in [0, 0.1) is 0 Å². The number of fused-ring (bicyclic) bond motifs is 1. The van der Waals surface area contributed by atoms with Crippen molar-refractivity contribution in [3.8, 4) is 0 Å². The average molecular weight is 138 g/mol. The molecule has 1 aromatic rings. The first-order valence-corrected chi connectivity index (χ1v) is 3.51. The first-order valence-electron chi connectivity index (χ1n) is 3.51. The molecule has 54 valence electrons. The minimum Gasteiger partial charge on any atom is -0.330 e. The number of nitrogens with two attached hydrogens (primary N) is 1. The summed E-state index contributed by atoms with van der Waals surface area (Å²) in [6, 6.07) is 0. The molecule has 0 fully saturated rings. The fraction of sp³-hybridized carbons (Fsp3) is 0.667. The lowest BCUT2D eigenvalue weighted by Crippen LogP contribution is -2.09. The molecule has 1 aromatic heterocycles. The van der Waals surface area contributed by atoms with Gasteiger partial charge in [-0.15, -0.1) is 0 Å². The molecule has 0 amide bonds. The smallest absolute Gasteiger partial charge is 0.0900 e. The summed E-state index contributed by atoms with van der Waals surface area (Å²) in [7, 11) is 0. The highest BCUT2D eigenvalue weighted by molar-refractivity contribution is 5.20. The van der Waals surface area contributed by atoms with Gasteiger partial charge in [-0.1, -0.05) is 0 Å². The molecule has 10 heavy (non-hydrogen) atoms. The van der Waals surface area contributed by atoms with E-state index in [4.69, 9.17) is 5.73 Å². The van der Waals surface area contributed by atoms with Gasteiger partial charge in [0.15, 0.2) is 0 Å². The first kappa shape index (κ1) is 5.85. The number of nitrogens with zero attached hydrogens (tertiary/aromatic N) is 2. The van der Waals surface area contributed by atoms with E-state index < -0.39 is 0 Å². The predicted octanol–water partition coefficient (Wildman–Crippen LogP) is -0.207. The topological polar surface area (TPSA) is 67.6 Å². The van der Waals surface area contributed by atoms with Crippen LogP contribution >= 0.6 is 0 Å². The van der Waals surface area contributed by atoms with Gasteiger partial charge in [-0.3, -0.25) is 0 Å². The van der Waals surface area contributed by atoms with E-state index in [0.717, 1.165) is 24.2 Å². The molecule has 4 nitrogen and oxygen atoms in total. The molecule has 0 saturated carbocycles. The standard InChI is InChI=1S/C6H10N4/c7-3-4-1-2-5-6(4)9-10-8-5/h4H,1-3,7H2,(H,8,9,10). The van der Waals surface area contributed by atoms with E-state index in [-0.39, 0.29) is 0 Å². The molecular formula is C6H10N4. The van der Waals surface area contributed by atoms with Crippen LogP contribution in [0.3, 0.4) is 0 Å². The molecule has 0 saturated heterocycles. The van der Waals surface area contributed by atoms with Crippen LogP contribution in [0.15, 0.2) is 0 Å². The molecular weight excluding hydrogens is 128 g/mol. The second-order valence-electron chi connectivity index (χ2n) is 2.63. The molecule has 0 aliphatic heterocycles. The minimum atomic E-state index is 0.453. The van der Waals surface area contributed by atoms with Crippen molar-refractivity contribution in [2.75, 3.05) is 6.54 Å². The van der Waals surface area contributed by atoms with Crippen LogP contribution in [0.1, 0.15) is 23.7 Å². The third-order valence-corrected chi connectivity index (χ3v) is 2.05. The Kier molecular flexibility index (Phi) is 1.20. The molecule has 2 rings (SSSR count). The predicted molar refractivity (Wildman–Crippen MR) is 36.5 cm³/mol. The second kappa shape index (κ2) is 2.05. The van der Waals surface area contributed by atoms with Crippen molar-refractivity contribution >= 4 is 0 Å². The number of nitrogens with one attached hydrogen (secondary N) is 1. The monoisotopic (exact) mass is 138 g/mol. The largest absolute Gasteiger partial charge is 0.330 e. The van der Waals surface area contributed by atoms with Crippen molar-refractivity contribution in [1.29, 1.82) is 0 Å². The van der Waals surface area contributed by atoms with E-state index in [1.807, 2.05) is 0 Å². The van der Waals surface area contributed by atoms with E-state index in [0.29, 0.717) is 12.5 Å². The number of hydrogen-bond acceptors (Lipinski definition) is 3. The Morgan fingerprint density at radius 1 is 1.60 bits per heavy atom. The highest BCUT2D eigenvalue weighted by Gasteiger charge is 2.24. The van der Waals surface area contributed by atoms with E-state index in [1.54, 1.807) is 0 Å². The lowest BCUT2D eigenvalue weighted by Gasteiger charge is -2.00. The Bertz CT molecular complexity index is 229. The highest BCUT2D eigenvalue weighted by Crippen LogP contribution is 2.27. The Labute approximate surface area is 58.8 Å². The van der Waals surface area contributed by atoms with Crippen LogP contribution in [0.4, 0.5) is 0 Å². The van der Waals surface area contributed by atoms with Crippen LogP contribution in [-0.4, -0.2) is 22.0 Å². The lowest BCUT2D eigenvalue weighted by molar-refractivity contribution is 0.654. The second-order valence-corrected chi connectivity index (χ2v) is 2.63. The summed E-state index contributed by atoms with van der Waals surface area (Å²) < 4.78 is 0. The zero-order valence-corrected chi connectivity index (χ0v) is 5.67. The fourth-order valence-electron chi connectivity index (χ4n) is 1.45. The van der Waals surface area contributed by atoms with Gasteiger partial charge in [-0.25, -0.2) is 0 Å². The maximum atomic E-state index is 5.53. The van der Waals surface area contributed by atoms with Crippen molar-refractivity contribution in [3.63, 3.8) is 0 Å². The van der Waals surface area contributed by atoms with E-state index in [1.165, 1.54) is 0 Å². The van der Waals surface area contributed by atoms with Crippen LogP contribution < -0.4 is 5.73 Å². The van der Waals surface area contributed by atoms with Gasteiger partial charge in [-0.05, 0) is 12.8 Å². The molecule has 1 aliphatic carbocycles. The third-order valence-electron chi connectivity index (χ3n) is 2.05. The highest BCUT2D eigenvalue weighted by atomic mass is 15.3. The molecule has 0 radical (unpaired) electrons. The van der Waals surface area contributed by atoms with Crippen molar-refractivity contribution in [1.82, 2.24) is 15.4 Å². The van der Waals surface area contributed by atoms with Crippen LogP contribution in [0.25, 0.3) is 0 Å². The Morgan fingerprint density at radius 3 is 3.30 bits per heavy atom. The summed E-state index contributed by atoms with van der Waals surface area (Å²) in [6.45, 7) is 0.694. The van der Waals surface area contributed by atoms with Crippen molar-refractivity contribution in [2.45, 2.75) is 18.8 Å². The SMILES string of the molecule is NCC1CCc2n[nH]nc21. The zero-order chi connectivity index (χ0) is 6.97. The van der Waals surface area contributed by atoms with Crippen LogP contribution in [0.2, 0.25) is 0 Å². The number of aromatic nitrogens is 3. The van der Waals surface area contributed by atoms with Gasteiger partial charge in [0.1, 0.15) is 0 Å². The van der Waals surface area contributed by atoms with Gasteiger partial charge >= 0.3 is 0 Å². The third kappa shape index (κ3) is 0.654. The number of rotatable bonds is 1. The lowest BCUT2D eigenvalue weighted by atomic mass is 10.1. The van der Waals surface area contributed by atoms with Gasteiger partial charge in [-0.2, -0.15) is 15.4 Å². The molecule has 0 bridgehead atoms. The summed E-state index contributed by atoms with van der Waals surface area (Å²) in [5, 5.41) is 10.6. The van der Waals surface area contributed by atoms with E-state index in [9.17, 15) is 0 Å². The normalized spacial score (nSPS) is 23.1. The molecule has 0 aromatic carbocycles. The molecule has 1 atom stereocenters. The zero-order valence-electron chi connectivity index (χ0n) is 5.67. The van der Waals surface area contributed by atoms with Gasteiger partial charge in [0.2, 0.25) is 0 Å². The van der Waals surface area contributed by atoms with E-state index in [2.05, 4.69) is 15.4 Å². The van der Waals surface area contributed by atoms with Crippen molar-refractivity contribution < 1.29 is 0 Å². The Morgan fingerprint density at radius 2 is 2.50 bits per heavy atom. The molecule has 4 heteroatoms. The number of H-pyrrole nitrogens is 1. The molecule has 3 N–H and O–H groups in total. The van der Waals surface area contributed by atoms with Crippen LogP contribution in [-0.2, 0) is 6.42 Å². The fourth-order valence-corrected chi connectivity index (χ4v) is 1.45. The maximum Gasteiger partial charge on any atom is 0.0900 e. The summed E-state index contributed by atoms with van der Waals surface area (Å²) in [4.78, 5) is 0. The molecule has 0 spiro atoms. The quantitative estimate of drug-likeness (QED) is 0.564. The van der Waals surface area contributed by atoms with Crippen molar-refractivity contribution in [3.05, 3.63) is 11.4 Å². The minimum absolute atomic E-state index is 0.453. The average Bonchev–Trinajstić information content (AvgIpc) is 2.44. The Hall–Kier alpha value is -0.900. The molecule has 1 unspecified atom stereocenters. The number of aromatic amines is 1. The van der Waals surface area contributed by atoms with Gasteiger partial charge in [0, 0.05) is 12.5 Å². The molecule has 1 aliphatic rings. The number of aryl methyl sites for hydroxylation is 1. The molecule has 1 heterocycles. The first-order chi connectivity index (χ1) is 4.92. The summed E-state index contributed by atoms with van der Waals surface area (Å²) >= 11 is 0. The number of hydrogen-bond donors (Lipinski definition) is 2. The van der Waals surface area contributed by atoms with Crippen LogP contribution in [0.5, 0.6) is 0 Å². The Balaban J connectivity index is 2.34. The van der Waals surface area contributed by atoms with E-state index >= 15 is 0 Å². The summed E-state index contributed by atoms with van der Waals surface area (Å²) in [5.74, 6) is 0.453. The van der Waals surface area contributed by atoms with Gasteiger partial charge < -0.3 is 5.73 Å². The summed E-state index contributed by atoms with van der Waals surface area (Å²) in [5.41, 5.74) is 7.72. The van der Waals surface area contributed by atoms with Crippen molar-refractivity contribution in [2.24, 2.45) is 5.73 Å². The maximum absolute atomic E-state index is 5.53. The van der Waals surface area contributed by atoms with Gasteiger partial charge in [0.25, 0.3) is 0 Å². The summed E-state index contributed by atoms with van der Waals surface area (Å²) in [6.07, 6.45) is 2.16.